The highest BCUT2D eigenvalue weighted by molar-refractivity contribution is 5.76. The molecule has 1 amide bonds. The number of hydrogen-bond acceptors (Lipinski definition) is 6. The summed E-state index contributed by atoms with van der Waals surface area (Å²) in [5.41, 5.74) is 1.18. The van der Waals surface area contributed by atoms with Crippen molar-refractivity contribution in [2.75, 3.05) is 31.1 Å². The number of aryl methyl sites for hydroxylation is 2. The van der Waals surface area contributed by atoms with Crippen molar-refractivity contribution in [2.45, 2.75) is 26.2 Å². The van der Waals surface area contributed by atoms with E-state index in [2.05, 4.69) is 15.2 Å². The minimum absolute atomic E-state index is 0.218. The number of nitrogens with zero attached hydrogens (tertiary/aromatic N) is 5. The zero-order valence-electron chi connectivity index (χ0n) is 13.3. The molecule has 2 aromatic rings. The first kappa shape index (κ1) is 15.5. The minimum atomic E-state index is 0.218. The minimum Gasteiger partial charge on any atom is -0.408 e. The van der Waals surface area contributed by atoms with Gasteiger partial charge in [-0.15, -0.1) is 5.10 Å². The van der Waals surface area contributed by atoms with Crippen LogP contribution in [0.25, 0.3) is 0 Å². The number of rotatable bonds is 5. The zero-order valence-corrected chi connectivity index (χ0v) is 13.3. The Bertz CT molecular complexity index is 635. The van der Waals surface area contributed by atoms with Crippen molar-refractivity contribution in [3.8, 4) is 0 Å². The van der Waals surface area contributed by atoms with Gasteiger partial charge in [-0.2, -0.15) is 0 Å². The van der Waals surface area contributed by atoms with E-state index in [1.807, 2.05) is 28.1 Å². The van der Waals surface area contributed by atoms with Crippen molar-refractivity contribution in [3.63, 3.8) is 0 Å². The molecule has 0 aliphatic carbocycles. The highest BCUT2D eigenvalue weighted by atomic mass is 16.4. The maximum absolute atomic E-state index is 12.3. The maximum Gasteiger partial charge on any atom is 0.318 e. The van der Waals surface area contributed by atoms with Gasteiger partial charge in [-0.25, -0.2) is 0 Å². The van der Waals surface area contributed by atoms with Crippen molar-refractivity contribution in [2.24, 2.45) is 0 Å². The average molecular weight is 315 g/mol. The van der Waals surface area contributed by atoms with Gasteiger partial charge in [0, 0.05) is 51.9 Å². The summed E-state index contributed by atoms with van der Waals surface area (Å²) in [5, 5.41) is 7.86. The fourth-order valence-electron chi connectivity index (χ4n) is 2.71. The molecule has 7 nitrogen and oxygen atoms in total. The predicted molar refractivity (Wildman–Crippen MR) is 85.0 cm³/mol. The molecule has 1 saturated heterocycles. The van der Waals surface area contributed by atoms with Gasteiger partial charge in [0.2, 0.25) is 11.8 Å². The van der Waals surface area contributed by atoms with Crippen molar-refractivity contribution < 1.29 is 9.21 Å². The van der Waals surface area contributed by atoms with Crippen LogP contribution in [0, 0.1) is 6.92 Å². The Morgan fingerprint density at radius 3 is 2.74 bits per heavy atom. The molecule has 0 atom stereocenters. The van der Waals surface area contributed by atoms with E-state index in [9.17, 15) is 4.79 Å². The van der Waals surface area contributed by atoms with Crippen LogP contribution in [-0.2, 0) is 11.2 Å². The highest BCUT2D eigenvalue weighted by Crippen LogP contribution is 2.15. The van der Waals surface area contributed by atoms with Crippen LogP contribution < -0.4 is 4.90 Å². The summed E-state index contributed by atoms with van der Waals surface area (Å²) in [6, 6.07) is 4.52. The molecule has 0 unspecified atom stereocenters. The maximum atomic E-state index is 12.3. The number of anilines is 1. The molecule has 23 heavy (non-hydrogen) atoms. The fraction of sp³-hybridized carbons (Fsp3) is 0.500. The van der Waals surface area contributed by atoms with Gasteiger partial charge in [-0.05, 0) is 24.5 Å². The number of hydrogen-bond donors (Lipinski definition) is 0. The molecule has 1 fully saturated rings. The van der Waals surface area contributed by atoms with Gasteiger partial charge >= 0.3 is 6.01 Å². The molecule has 7 heteroatoms. The van der Waals surface area contributed by atoms with Crippen LogP contribution in [0.3, 0.4) is 0 Å². The van der Waals surface area contributed by atoms with Gasteiger partial charge in [0.05, 0.1) is 0 Å². The summed E-state index contributed by atoms with van der Waals surface area (Å²) >= 11 is 0. The monoisotopic (exact) mass is 315 g/mol. The third-order valence-electron chi connectivity index (χ3n) is 4.00. The van der Waals surface area contributed by atoms with Crippen LogP contribution in [-0.4, -0.2) is 52.2 Å². The molecule has 0 aromatic carbocycles. The molecular weight excluding hydrogens is 294 g/mol. The van der Waals surface area contributed by atoms with Crippen molar-refractivity contribution >= 4 is 11.9 Å². The topological polar surface area (TPSA) is 75.4 Å². The van der Waals surface area contributed by atoms with E-state index in [0.717, 1.165) is 25.9 Å². The Balaban J connectivity index is 1.41. The normalized spacial score (nSPS) is 15.0. The van der Waals surface area contributed by atoms with E-state index in [-0.39, 0.29) is 5.91 Å². The van der Waals surface area contributed by atoms with E-state index in [1.165, 1.54) is 5.56 Å². The Kier molecular flexibility index (Phi) is 4.85. The van der Waals surface area contributed by atoms with E-state index in [4.69, 9.17) is 4.42 Å². The number of aromatic nitrogens is 3. The summed E-state index contributed by atoms with van der Waals surface area (Å²) in [6.07, 6.45) is 5.94. The van der Waals surface area contributed by atoms with Gasteiger partial charge in [-0.1, -0.05) is 11.2 Å². The summed E-state index contributed by atoms with van der Waals surface area (Å²) < 4.78 is 5.43. The molecule has 0 bridgehead atoms. The molecule has 3 rings (SSSR count). The molecule has 0 saturated carbocycles. The molecule has 0 radical (unpaired) electrons. The largest absolute Gasteiger partial charge is 0.408 e. The van der Waals surface area contributed by atoms with Gasteiger partial charge in [0.1, 0.15) is 0 Å². The average Bonchev–Trinajstić information content (AvgIpc) is 3.02. The fourth-order valence-corrected chi connectivity index (χ4v) is 2.71. The lowest BCUT2D eigenvalue weighted by Gasteiger charge is -2.33. The van der Waals surface area contributed by atoms with E-state index >= 15 is 0 Å². The Labute approximate surface area is 135 Å². The molecule has 0 N–H and O–H groups in total. The predicted octanol–water partition coefficient (Wildman–Crippen LogP) is 1.44. The second kappa shape index (κ2) is 7.21. The molecule has 1 aliphatic heterocycles. The van der Waals surface area contributed by atoms with Crippen LogP contribution in [0.4, 0.5) is 6.01 Å². The molecular formula is C16H21N5O2. The summed E-state index contributed by atoms with van der Waals surface area (Å²) in [7, 11) is 0. The van der Waals surface area contributed by atoms with E-state index < -0.39 is 0 Å². The first-order valence-corrected chi connectivity index (χ1v) is 7.94. The Hall–Kier alpha value is -2.44. The van der Waals surface area contributed by atoms with Gasteiger partial charge in [0.15, 0.2) is 0 Å². The highest BCUT2D eigenvalue weighted by Gasteiger charge is 2.23. The Morgan fingerprint density at radius 2 is 2.09 bits per heavy atom. The second-order valence-corrected chi connectivity index (χ2v) is 5.69. The van der Waals surface area contributed by atoms with Crippen LogP contribution in [0.1, 0.15) is 24.3 Å². The van der Waals surface area contributed by atoms with Crippen LogP contribution in [0.15, 0.2) is 28.9 Å². The zero-order chi connectivity index (χ0) is 16.1. The summed E-state index contributed by atoms with van der Waals surface area (Å²) in [6.45, 7) is 4.64. The lowest BCUT2D eigenvalue weighted by molar-refractivity contribution is -0.131. The van der Waals surface area contributed by atoms with Crippen LogP contribution >= 0.6 is 0 Å². The van der Waals surface area contributed by atoms with E-state index in [0.29, 0.717) is 31.4 Å². The third-order valence-corrected chi connectivity index (χ3v) is 4.00. The number of pyridine rings is 1. The summed E-state index contributed by atoms with van der Waals surface area (Å²) in [4.78, 5) is 20.3. The molecule has 122 valence electrons. The third kappa shape index (κ3) is 4.06. The van der Waals surface area contributed by atoms with Crippen LogP contribution in [0.5, 0.6) is 0 Å². The number of carbonyl (C=O) groups excluding carboxylic acids is 1. The van der Waals surface area contributed by atoms with Crippen molar-refractivity contribution in [3.05, 3.63) is 36.0 Å². The first-order valence-electron chi connectivity index (χ1n) is 7.94. The molecule has 3 heterocycles. The van der Waals surface area contributed by atoms with Gasteiger partial charge in [-0.3, -0.25) is 9.78 Å². The number of piperazine rings is 1. The number of amides is 1. The van der Waals surface area contributed by atoms with Gasteiger partial charge in [0.25, 0.3) is 0 Å². The SMILES string of the molecule is Cc1nnc(N2CCN(C(=O)CCCc3cccnc3)CC2)o1. The quantitative estimate of drug-likeness (QED) is 0.831. The van der Waals surface area contributed by atoms with Crippen LogP contribution in [0.2, 0.25) is 0 Å². The van der Waals surface area contributed by atoms with E-state index in [1.54, 1.807) is 13.1 Å². The standard InChI is InChI=1S/C16H21N5O2/c1-13-18-19-16(23-13)21-10-8-20(9-11-21)15(22)6-2-4-14-5-3-7-17-12-14/h3,5,7,12H,2,4,6,8-11H2,1H3. The lowest BCUT2D eigenvalue weighted by atomic mass is 10.1. The molecule has 1 aliphatic rings. The lowest BCUT2D eigenvalue weighted by Crippen LogP contribution is -2.48. The van der Waals surface area contributed by atoms with Crippen molar-refractivity contribution in [1.29, 1.82) is 0 Å². The van der Waals surface area contributed by atoms with Gasteiger partial charge < -0.3 is 14.2 Å². The first-order chi connectivity index (χ1) is 11.2. The smallest absolute Gasteiger partial charge is 0.318 e. The second-order valence-electron chi connectivity index (χ2n) is 5.69. The van der Waals surface area contributed by atoms with Crippen molar-refractivity contribution in [1.82, 2.24) is 20.1 Å². The molecule has 2 aromatic heterocycles. The number of carbonyl (C=O) groups is 1. The Morgan fingerprint density at radius 1 is 1.26 bits per heavy atom. The summed E-state index contributed by atoms with van der Waals surface area (Å²) in [5.74, 6) is 0.782. The molecule has 0 spiro atoms.